The summed E-state index contributed by atoms with van der Waals surface area (Å²) < 4.78 is 0. The average molecular weight is 181 g/mol. The molecule has 3 heteroatoms. The molecule has 74 valence electrons. The fourth-order valence-corrected chi connectivity index (χ4v) is 1.72. The van der Waals surface area contributed by atoms with Gasteiger partial charge in [0.1, 0.15) is 0 Å². The summed E-state index contributed by atoms with van der Waals surface area (Å²) in [6.45, 7) is 3.44. The summed E-state index contributed by atoms with van der Waals surface area (Å²) in [4.78, 5) is 2.46. The molecule has 0 aliphatic carbocycles. The Balaban J connectivity index is 2.00. The van der Waals surface area contributed by atoms with E-state index in [4.69, 9.17) is 11.0 Å². The van der Waals surface area contributed by atoms with Gasteiger partial charge in [-0.05, 0) is 45.3 Å². The van der Waals surface area contributed by atoms with E-state index in [9.17, 15) is 0 Å². The highest BCUT2D eigenvalue weighted by atomic mass is 15.1. The molecule has 3 nitrogen and oxygen atoms in total. The minimum atomic E-state index is 0.426. The van der Waals surface area contributed by atoms with E-state index >= 15 is 0 Å². The molecule has 0 saturated carbocycles. The van der Waals surface area contributed by atoms with Crippen molar-refractivity contribution in [3.63, 3.8) is 0 Å². The standard InChI is InChI=1S/C10H19N3/c11-6-2-1-3-7-13-8-4-10(12)5-9-13/h10H,1-5,7-9,12H2. The summed E-state index contributed by atoms with van der Waals surface area (Å²) in [5.74, 6) is 0. The van der Waals surface area contributed by atoms with E-state index in [-0.39, 0.29) is 0 Å². The number of nitrogens with zero attached hydrogens (tertiary/aromatic N) is 2. The molecule has 0 spiro atoms. The van der Waals surface area contributed by atoms with Crippen LogP contribution >= 0.6 is 0 Å². The molecule has 0 radical (unpaired) electrons. The van der Waals surface area contributed by atoms with E-state index in [2.05, 4.69) is 11.0 Å². The van der Waals surface area contributed by atoms with Crippen molar-refractivity contribution in [1.82, 2.24) is 4.90 Å². The maximum absolute atomic E-state index is 8.36. The first kappa shape index (κ1) is 10.5. The largest absolute Gasteiger partial charge is 0.328 e. The number of hydrogen-bond donors (Lipinski definition) is 1. The SMILES string of the molecule is N#CCCCCN1CCC(N)CC1. The van der Waals surface area contributed by atoms with Gasteiger partial charge >= 0.3 is 0 Å². The van der Waals surface area contributed by atoms with Crippen LogP contribution in [0.4, 0.5) is 0 Å². The topological polar surface area (TPSA) is 53.0 Å². The van der Waals surface area contributed by atoms with E-state index in [1.54, 1.807) is 0 Å². The fraction of sp³-hybridized carbons (Fsp3) is 0.900. The van der Waals surface area contributed by atoms with Crippen molar-refractivity contribution in [3.05, 3.63) is 0 Å². The van der Waals surface area contributed by atoms with Crippen molar-refractivity contribution in [2.75, 3.05) is 19.6 Å². The molecule has 0 aromatic carbocycles. The van der Waals surface area contributed by atoms with Gasteiger partial charge in [0.05, 0.1) is 6.07 Å². The molecule has 0 atom stereocenters. The van der Waals surface area contributed by atoms with Crippen LogP contribution in [0.15, 0.2) is 0 Å². The molecule has 0 aromatic heterocycles. The van der Waals surface area contributed by atoms with Gasteiger partial charge in [-0.2, -0.15) is 5.26 Å². The lowest BCUT2D eigenvalue weighted by Gasteiger charge is -2.29. The van der Waals surface area contributed by atoms with Gasteiger partial charge in [-0.1, -0.05) is 0 Å². The van der Waals surface area contributed by atoms with E-state index < -0.39 is 0 Å². The number of piperidine rings is 1. The fourth-order valence-electron chi connectivity index (χ4n) is 1.72. The van der Waals surface area contributed by atoms with Crippen LogP contribution in [0, 0.1) is 11.3 Å². The Morgan fingerprint density at radius 1 is 1.31 bits per heavy atom. The summed E-state index contributed by atoms with van der Waals surface area (Å²) in [6.07, 6.45) is 5.17. The molecule has 0 amide bonds. The first-order chi connectivity index (χ1) is 6.33. The van der Waals surface area contributed by atoms with Crippen LogP contribution in [0.3, 0.4) is 0 Å². The molecule has 1 saturated heterocycles. The van der Waals surface area contributed by atoms with Crippen molar-refractivity contribution in [1.29, 1.82) is 5.26 Å². The number of hydrogen-bond acceptors (Lipinski definition) is 3. The smallest absolute Gasteiger partial charge is 0.0621 e. The molecule has 2 N–H and O–H groups in total. The Labute approximate surface area is 80.5 Å². The first-order valence-corrected chi connectivity index (χ1v) is 5.18. The van der Waals surface area contributed by atoms with Gasteiger partial charge in [0.2, 0.25) is 0 Å². The molecule has 1 aliphatic rings. The van der Waals surface area contributed by atoms with Gasteiger partial charge in [0.15, 0.2) is 0 Å². The third-order valence-electron chi connectivity index (χ3n) is 2.65. The predicted octanol–water partition coefficient (Wildman–Crippen LogP) is 1.10. The maximum Gasteiger partial charge on any atom is 0.0621 e. The van der Waals surface area contributed by atoms with Crippen LogP contribution in [-0.2, 0) is 0 Å². The highest BCUT2D eigenvalue weighted by Crippen LogP contribution is 2.09. The van der Waals surface area contributed by atoms with Gasteiger partial charge in [0.25, 0.3) is 0 Å². The van der Waals surface area contributed by atoms with Gasteiger partial charge in [-0.15, -0.1) is 0 Å². The van der Waals surface area contributed by atoms with Gasteiger partial charge < -0.3 is 10.6 Å². The number of nitriles is 1. The normalized spacial score (nSPS) is 20.0. The van der Waals surface area contributed by atoms with Crippen molar-refractivity contribution >= 4 is 0 Å². The lowest BCUT2D eigenvalue weighted by Crippen LogP contribution is -2.39. The molecule has 0 unspecified atom stereocenters. The maximum atomic E-state index is 8.36. The highest BCUT2D eigenvalue weighted by molar-refractivity contribution is 4.74. The quantitative estimate of drug-likeness (QED) is 0.661. The highest BCUT2D eigenvalue weighted by Gasteiger charge is 2.14. The summed E-state index contributed by atoms with van der Waals surface area (Å²) in [7, 11) is 0. The zero-order valence-corrected chi connectivity index (χ0v) is 8.21. The van der Waals surface area contributed by atoms with E-state index in [0.29, 0.717) is 12.5 Å². The van der Waals surface area contributed by atoms with Gasteiger partial charge in [0, 0.05) is 12.5 Å². The van der Waals surface area contributed by atoms with Gasteiger partial charge in [-0.25, -0.2) is 0 Å². The van der Waals surface area contributed by atoms with Crippen molar-refractivity contribution in [3.8, 4) is 6.07 Å². The molecule has 13 heavy (non-hydrogen) atoms. The van der Waals surface area contributed by atoms with Crippen LogP contribution in [0.25, 0.3) is 0 Å². The van der Waals surface area contributed by atoms with Crippen LogP contribution in [0.2, 0.25) is 0 Å². The Morgan fingerprint density at radius 2 is 2.00 bits per heavy atom. The lowest BCUT2D eigenvalue weighted by atomic mass is 10.1. The predicted molar refractivity (Wildman–Crippen MR) is 53.1 cm³/mol. The van der Waals surface area contributed by atoms with E-state index in [1.807, 2.05) is 0 Å². The van der Waals surface area contributed by atoms with E-state index in [1.165, 1.54) is 0 Å². The Hall–Kier alpha value is -0.590. The number of likely N-dealkylation sites (tertiary alicyclic amines) is 1. The summed E-state index contributed by atoms with van der Waals surface area (Å²) in [6, 6.07) is 2.60. The second kappa shape index (κ2) is 5.95. The summed E-state index contributed by atoms with van der Waals surface area (Å²) in [5.41, 5.74) is 5.80. The van der Waals surface area contributed by atoms with E-state index in [0.717, 1.165) is 45.3 Å². The molecule has 1 rings (SSSR count). The summed E-state index contributed by atoms with van der Waals surface area (Å²) in [5, 5.41) is 8.36. The third-order valence-corrected chi connectivity index (χ3v) is 2.65. The molecule has 1 aliphatic heterocycles. The zero-order chi connectivity index (χ0) is 9.52. The third kappa shape index (κ3) is 4.25. The average Bonchev–Trinajstić information content (AvgIpc) is 2.15. The monoisotopic (exact) mass is 181 g/mol. The van der Waals surface area contributed by atoms with Crippen molar-refractivity contribution in [2.45, 2.75) is 38.1 Å². The second-order valence-electron chi connectivity index (χ2n) is 3.79. The Bertz CT molecular complexity index is 165. The molecular formula is C10H19N3. The van der Waals surface area contributed by atoms with Crippen LogP contribution in [-0.4, -0.2) is 30.6 Å². The molecule has 1 fully saturated rings. The number of nitrogens with two attached hydrogens (primary N) is 1. The zero-order valence-electron chi connectivity index (χ0n) is 8.21. The van der Waals surface area contributed by atoms with Gasteiger partial charge in [-0.3, -0.25) is 0 Å². The van der Waals surface area contributed by atoms with Crippen molar-refractivity contribution in [2.24, 2.45) is 5.73 Å². The molecule has 1 heterocycles. The number of unbranched alkanes of at least 4 members (excludes halogenated alkanes) is 2. The Morgan fingerprint density at radius 3 is 2.62 bits per heavy atom. The lowest BCUT2D eigenvalue weighted by molar-refractivity contribution is 0.210. The minimum absolute atomic E-state index is 0.426. The minimum Gasteiger partial charge on any atom is -0.328 e. The Kier molecular flexibility index (Phi) is 4.81. The first-order valence-electron chi connectivity index (χ1n) is 5.18. The molecular weight excluding hydrogens is 162 g/mol. The second-order valence-corrected chi connectivity index (χ2v) is 3.79. The summed E-state index contributed by atoms with van der Waals surface area (Å²) >= 11 is 0. The van der Waals surface area contributed by atoms with Crippen LogP contribution in [0.1, 0.15) is 32.1 Å². The number of rotatable bonds is 4. The molecule has 0 aromatic rings. The van der Waals surface area contributed by atoms with Crippen LogP contribution in [0.5, 0.6) is 0 Å². The molecule has 0 bridgehead atoms. The van der Waals surface area contributed by atoms with Crippen LogP contribution < -0.4 is 5.73 Å². The van der Waals surface area contributed by atoms with Crippen molar-refractivity contribution < 1.29 is 0 Å².